The molecule has 2 heterocycles. The standard InChI is InChI=1S/C7H2F3N3O/c8-7(9,10)4-1-3-5(6(14)13-4)12-2-11-3/h1-2H. The van der Waals surface area contributed by atoms with E-state index < -0.39 is 17.8 Å². The van der Waals surface area contributed by atoms with Gasteiger partial charge >= 0.3 is 6.18 Å². The highest BCUT2D eigenvalue weighted by Gasteiger charge is 2.39. The first-order chi connectivity index (χ1) is 6.48. The molecule has 0 aromatic heterocycles. The summed E-state index contributed by atoms with van der Waals surface area (Å²) < 4.78 is 36.5. The number of carbonyl (C=O) groups excluding carboxylic acids is 1. The minimum Gasteiger partial charge on any atom is -0.265 e. The molecule has 1 amide bonds. The largest absolute Gasteiger partial charge is 0.433 e. The Bertz CT molecular complexity index is 428. The topological polar surface area (TPSA) is 54.1 Å². The van der Waals surface area contributed by atoms with Crippen LogP contribution in [0.1, 0.15) is 0 Å². The SMILES string of the molecule is O=C1N=C(C(F)(F)F)C=C2N=CN=C12. The normalized spacial score (nSPS) is 20.2. The third-order valence-electron chi connectivity index (χ3n) is 1.61. The Morgan fingerprint density at radius 1 is 1.29 bits per heavy atom. The molecular formula is C7H2F3N3O. The maximum atomic E-state index is 12.2. The van der Waals surface area contributed by atoms with E-state index in [-0.39, 0.29) is 11.4 Å². The Labute approximate surface area is 75.6 Å². The average molecular weight is 201 g/mol. The summed E-state index contributed by atoms with van der Waals surface area (Å²) in [7, 11) is 0. The summed E-state index contributed by atoms with van der Waals surface area (Å²) in [6, 6.07) is 0. The first kappa shape index (κ1) is 8.79. The molecule has 0 aromatic carbocycles. The van der Waals surface area contributed by atoms with Crippen molar-refractivity contribution in [2.45, 2.75) is 6.18 Å². The van der Waals surface area contributed by atoms with Crippen molar-refractivity contribution in [3.63, 3.8) is 0 Å². The fourth-order valence-corrected chi connectivity index (χ4v) is 1.02. The lowest BCUT2D eigenvalue weighted by Crippen LogP contribution is -2.28. The van der Waals surface area contributed by atoms with E-state index in [2.05, 4.69) is 15.0 Å². The van der Waals surface area contributed by atoms with Gasteiger partial charge in [0.25, 0.3) is 5.91 Å². The van der Waals surface area contributed by atoms with Crippen molar-refractivity contribution < 1.29 is 18.0 Å². The molecule has 0 bridgehead atoms. The van der Waals surface area contributed by atoms with Gasteiger partial charge in [-0.1, -0.05) is 0 Å². The molecule has 0 aromatic rings. The molecule has 14 heavy (non-hydrogen) atoms. The van der Waals surface area contributed by atoms with E-state index >= 15 is 0 Å². The summed E-state index contributed by atoms with van der Waals surface area (Å²) in [6.45, 7) is 0. The molecule has 0 spiro atoms. The van der Waals surface area contributed by atoms with Gasteiger partial charge in [-0.05, 0) is 6.08 Å². The molecular weight excluding hydrogens is 199 g/mol. The molecule has 0 fully saturated rings. The Hall–Kier alpha value is -1.79. The maximum Gasteiger partial charge on any atom is 0.433 e. The zero-order chi connectivity index (χ0) is 10.3. The fraction of sp³-hybridized carbons (Fsp3) is 0.143. The van der Waals surface area contributed by atoms with Gasteiger partial charge in [0.05, 0.1) is 5.70 Å². The van der Waals surface area contributed by atoms with Crippen LogP contribution in [0, 0.1) is 0 Å². The van der Waals surface area contributed by atoms with E-state index in [1.165, 1.54) is 0 Å². The summed E-state index contributed by atoms with van der Waals surface area (Å²) >= 11 is 0. The average Bonchev–Trinajstić information content (AvgIpc) is 2.50. The van der Waals surface area contributed by atoms with Crippen molar-refractivity contribution >= 4 is 23.7 Å². The second-order valence-electron chi connectivity index (χ2n) is 2.55. The number of nitrogens with zero attached hydrogens (tertiary/aromatic N) is 3. The highest BCUT2D eigenvalue weighted by atomic mass is 19.4. The molecule has 2 rings (SSSR count). The van der Waals surface area contributed by atoms with E-state index in [0.29, 0.717) is 6.08 Å². The zero-order valence-corrected chi connectivity index (χ0v) is 6.54. The molecule has 2 aliphatic heterocycles. The minimum absolute atomic E-state index is 0.0858. The number of carbonyl (C=O) groups is 1. The molecule has 2 aliphatic rings. The zero-order valence-electron chi connectivity index (χ0n) is 6.54. The minimum atomic E-state index is -4.63. The Morgan fingerprint density at radius 2 is 2.00 bits per heavy atom. The number of rotatable bonds is 0. The maximum absolute atomic E-state index is 12.2. The second-order valence-corrected chi connectivity index (χ2v) is 2.55. The van der Waals surface area contributed by atoms with Crippen LogP contribution in [0.4, 0.5) is 13.2 Å². The van der Waals surface area contributed by atoms with Gasteiger partial charge < -0.3 is 0 Å². The number of amides is 1. The highest BCUT2D eigenvalue weighted by Crippen LogP contribution is 2.23. The third-order valence-corrected chi connectivity index (χ3v) is 1.61. The molecule has 0 saturated heterocycles. The molecule has 4 nitrogen and oxygen atoms in total. The smallest absolute Gasteiger partial charge is 0.265 e. The van der Waals surface area contributed by atoms with Gasteiger partial charge in [0.1, 0.15) is 6.34 Å². The van der Waals surface area contributed by atoms with Crippen molar-refractivity contribution in [1.82, 2.24) is 0 Å². The quantitative estimate of drug-likeness (QED) is 0.574. The van der Waals surface area contributed by atoms with Crippen molar-refractivity contribution in [1.29, 1.82) is 0 Å². The molecule has 0 atom stereocenters. The summed E-state index contributed by atoms with van der Waals surface area (Å²) in [5.74, 6) is -1.01. The Kier molecular flexibility index (Phi) is 1.63. The molecule has 0 saturated carbocycles. The predicted molar refractivity (Wildman–Crippen MR) is 42.5 cm³/mol. The third kappa shape index (κ3) is 1.26. The number of allylic oxidation sites excluding steroid dienone is 1. The fourth-order valence-electron chi connectivity index (χ4n) is 1.02. The van der Waals surface area contributed by atoms with E-state index in [9.17, 15) is 18.0 Å². The highest BCUT2D eigenvalue weighted by molar-refractivity contribution is 6.51. The number of alkyl halides is 3. The summed E-state index contributed by atoms with van der Waals surface area (Å²) in [5.41, 5.74) is -1.47. The van der Waals surface area contributed by atoms with Gasteiger partial charge in [-0.3, -0.25) is 4.79 Å². The Balaban J connectivity index is 2.46. The van der Waals surface area contributed by atoms with Crippen LogP contribution in [0.15, 0.2) is 26.8 Å². The number of dihydropyridines is 1. The van der Waals surface area contributed by atoms with E-state index in [4.69, 9.17) is 0 Å². The van der Waals surface area contributed by atoms with Gasteiger partial charge in [0.2, 0.25) is 0 Å². The van der Waals surface area contributed by atoms with Crippen LogP contribution < -0.4 is 0 Å². The van der Waals surface area contributed by atoms with Crippen molar-refractivity contribution in [2.24, 2.45) is 15.0 Å². The van der Waals surface area contributed by atoms with E-state index in [1.54, 1.807) is 0 Å². The lowest BCUT2D eigenvalue weighted by atomic mass is 10.1. The number of aliphatic imine (C=N–C) groups is 3. The van der Waals surface area contributed by atoms with Crippen molar-refractivity contribution in [3.8, 4) is 0 Å². The number of hydrogen-bond acceptors (Lipinski definition) is 3. The van der Waals surface area contributed by atoms with Gasteiger partial charge in [-0.25, -0.2) is 15.0 Å². The van der Waals surface area contributed by atoms with Crippen LogP contribution >= 0.6 is 0 Å². The molecule has 72 valence electrons. The van der Waals surface area contributed by atoms with Gasteiger partial charge in [-0.15, -0.1) is 0 Å². The van der Waals surface area contributed by atoms with Gasteiger partial charge in [0, 0.05) is 0 Å². The van der Waals surface area contributed by atoms with E-state index in [0.717, 1.165) is 6.34 Å². The van der Waals surface area contributed by atoms with Gasteiger partial charge in [0.15, 0.2) is 11.4 Å². The van der Waals surface area contributed by atoms with E-state index in [1.807, 2.05) is 0 Å². The van der Waals surface area contributed by atoms with Crippen LogP contribution in [-0.2, 0) is 4.79 Å². The monoisotopic (exact) mass is 201 g/mol. The molecule has 7 heteroatoms. The predicted octanol–water partition coefficient (Wildman–Crippen LogP) is 0.897. The molecule has 0 radical (unpaired) electrons. The summed E-state index contributed by atoms with van der Waals surface area (Å²) in [4.78, 5) is 20.8. The number of halogens is 3. The first-order valence-electron chi connectivity index (χ1n) is 3.51. The second kappa shape index (κ2) is 2.60. The Morgan fingerprint density at radius 3 is 2.64 bits per heavy atom. The summed E-state index contributed by atoms with van der Waals surface area (Å²) in [6.07, 6.45) is -2.91. The van der Waals surface area contributed by atoms with Crippen molar-refractivity contribution in [3.05, 3.63) is 11.8 Å². The van der Waals surface area contributed by atoms with Gasteiger partial charge in [-0.2, -0.15) is 13.2 Å². The van der Waals surface area contributed by atoms with Crippen molar-refractivity contribution in [2.75, 3.05) is 0 Å². The van der Waals surface area contributed by atoms with Crippen LogP contribution in [-0.4, -0.2) is 29.8 Å². The van der Waals surface area contributed by atoms with Crippen LogP contribution in [0.25, 0.3) is 0 Å². The molecule has 0 N–H and O–H groups in total. The first-order valence-corrected chi connectivity index (χ1v) is 3.51. The van der Waals surface area contributed by atoms with Crippen LogP contribution in [0.2, 0.25) is 0 Å². The lowest BCUT2D eigenvalue weighted by Gasteiger charge is -2.10. The summed E-state index contributed by atoms with van der Waals surface area (Å²) in [5, 5.41) is 0. The van der Waals surface area contributed by atoms with Crippen LogP contribution in [0.5, 0.6) is 0 Å². The number of fused-ring (bicyclic) bond motifs is 1. The molecule has 0 unspecified atom stereocenters. The number of hydrogen-bond donors (Lipinski definition) is 0. The molecule has 0 aliphatic carbocycles. The lowest BCUT2D eigenvalue weighted by molar-refractivity contribution is -0.112. The van der Waals surface area contributed by atoms with Crippen LogP contribution in [0.3, 0.4) is 0 Å².